The molecular weight excluding hydrogens is 237 g/mol. The molecule has 0 aliphatic heterocycles. The zero-order chi connectivity index (χ0) is 11.3. The van der Waals surface area contributed by atoms with Gasteiger partial charge in [-0.15, -0.1) is 0 Å². The summed E-state index contributed by atoms with van der Waals surface area (Å²) in [5.41, 5.74) is 0.508. The highest BCUT2D eigenvalue weighted by molar-refractivity contribution is 6.36. The van der Waals surface area contributed by atoms with E-state index in [0.29, 0.717) is 17.2 Å². The van der Waals surface area contributed by atoms with Gasteiger partial charge in [0.05, 0.1) is 11.6 Å². The number of pyridine rings is 1. The van der Waals surface area contributed by atoms with Crippen LogP contribution in [0.2, 0.25) is 10.2 Å². The third kappa shape index (κ3) is 3.53. The number of esters is 1. The molecule has 1 aromatic heterocycles. The highest BCUT2D eigenvalue weighted by atomic mass is 35.5. The van der Waals surface area contributed by atoms with Crippen LogP contribution in [0.15, 0.2) is 18.3 Å². The molecule has 80 valence electrons. The molecule has 1 heterocycles. The second-order valence-corrected chi connectivity index (χ2v) is 3.35. The summed E-state index contributed by atoms with van der Waals surface area (Å²) in [5.74, 6) is -0.437. The Morgan fingerprint density at radius 2 is 2.33 bits per heavy atom. The lowest BCUT2D eigenvalue weighted by molar-refractivity contribution is -0.137. The molecule has 1 rings (SSSR count). The highest BCUT2D eigenvalue weighted by Crippen LogP contribution is 2.23. The van der Waals surface area contributed by atoms with Crippen molar-refractivity contribution in [1.29, 1.82) is 0 Å². The SMILES string of the molecule is CCOC(=O)C=Cc1c(Cl)ccnc1Cl. The Morgan fingerprint density at radius 3 is 2.93 bits per heavy atom. The second-order valence-electron chi connectivity index (χ2n) is 2.58. The molecule has 5 heteroatoms. The first-order valence-electron chi connectivity index (χ1n) is 4.30. The molecule has 15 heavy (non-hydrogen) atoms. The molecule has 0 N–H and O–H groups in total. The van der Waals surface area contributed by atoms with Gasteiger partial charge in [-0.05, 0) is 19.1 Å². The molecule has 0 atom stereocenters. The van der Waals surface area contributed by atoms with E-state index in [1.165, 1.54) is 18.3 Å². The van der Waals surface area contributed by atoms with Crippen molar-refractivity contribution in [3.63, 3.8) is 0 Å². The van der Waals surface area contributed by atoms with Crippen LogP contribution < -0.4 is 0 Å². The van der Waals surface area contributed by atoms with Crippen LogP contribution >= 0.6 is 23.2 Å². The number of halogens is 2. The lowest BCUT2D eigenvalue weighted by Gasteiger charge is -1.99. The van der Waals surface area contributed by atoms with Crippen molar-refractivity contribution in [2.75, 3.05) is 6.61 Å². The first kappa shape index (κ1) is 12.0. The minimum atomic E-state index is -0.437. The van der Waals surface area contributed by atoms with Gasteiger partial charge in [-0.1, -0.05) is 23.2 Å². The summed E-state index contributed by atoms with van der Waals surface area (Å²) < 4.78 is 4.71. The number of ether oxygens (including phenoxy) is 1. The third-order valence-corrected chi connectivity index (χ3v) is 2.19. The summed E-state index contributed by atoms with van der Waals surface area (Å²) in [6, 6.07) is 1.60. The topological polar surface area (TPSA) is 39.2 Å². The van der Waals surface area contributed by atoms with Crippen LogP contribution in [0.3, 0.4) is 0 Å². The molecule has 0 saturated heterocycles. The molecule has 0 unspecified atom stereocenters. The molecule has 0 aliphatic carbocycles. The average molecular weight is 246 g/mol. The Bertz CT molecular complexity index is 371. The Kier molecular flexibility index (Phi) is 4.59. The van der Waals surface area contributed by atoms with Crippen molar-refractivity contribution < 1.29 is 9.53 Å². The van der Waals surface area contributed by atoms with Crippen LogP contribution in [0.4, 0.5) is 0 Å². The number of nitrogens with zero attached hydrogens (tertiary/aromatic N) is 1. The predicted molar refractivity (Wildman–Crippen MR) is 59.9 cm³/mol. The van der Waals surface area contributed by atoms with Crippen LogP contribution in [-0.2, 0) is 9.53 Å². The van der Waals surface area contributed by atoms with Gasteiger partial charge in [-0.25, -0.2) is 9.78 Å². The molecule has 0 radical (unpaired) electrons. The zero-order valence-electron chi connectivity index (χ0n) is 8.04. The molecule has 0 saturated carbocycles. The average Bonchev–Trinajstić information content (AvgIpc) is 2.17. The Balaban J connectivity index is 2.84. The molecule has 3 nitrogen and oxygen atoms in total. The fraction of sp³-hybridized carbons (Fsp3) is 0.200. The molecule has 0 amide bonds. The van der Waals surface area contributed by atoms with E-state index < -0.39 is 5.97 Å². The summed E-state index contributed by atoms with van der Waals surface area (Å²) >= 11 is 11.7. The quantitative estimate of drug-likeness (QED) is 0.467. The summed E-state index contributed by atoms with van der Waals surface area (Å²) in [4.78, 5) is 14.9. The van der Waals surface area contributed by atoms with E-state index >= 15 is 0 Å². The van der Waals surface area contributed by atoms with E-state index in [1.54, 1.807) is 13.0 Å². The Labute approximate surface area is 97.7 Å². The van der Waals surface area contributed by atoms with Gasteiger partial charge in [-0.2, -0.15) is 0 Å². The van der Waals surface area contributed by atoms with Crippen molar-refractivity contribution in [2.45, 2.75) is 6.92 Å². The molecule has 0 bridgehead atoms. The maximum Gasteiger partial charge on any atom is 0.330 e. The Morgan fingerprint density at radius 1 is 1.60 bits per heavy atom. The molecule has 0 aromatic carbocycles. The monoisotopic (exact) mass is 245 g/mol. The fourth-order valence-electron chi connectivity index (χ4n) is 0.916. The van der Waals surface area contributed by atoms with E-state index in [2.05, 4.69) is 4.98 Å². The number of hydrogen-bond acceptors (Lipinski definition) is 3. The zero-order valence-corrected chi connectivity index (χ0v) is 9.55. The standard InChI is InChI=1S/C10H9Cl2NO2/c1-2-15-9(14)4-3-7-8(11)5-6-13-10(7)12/h3-6H,2H2,1H3. The first-order valence-corrected chi connectivity index (χ1v) is 5.05. The predicted octanol–water partition coefficient (Wildman–Crippen LogP) is 2.96. The normalized spacial score (nSPS) is 10.6. The van der Waals surface area contributed by atoms with E-state index in [0.717, 1.165) is 0 Å². The van der Waals surface area contributed by atoms with Crippen molar-refractivity contribution in [3.8, 4) is 0 Å². The van der Waals surface area contributed by atoms with Crippen LogP contribution in [0, 0.1) is 0 Å². The van der Waals surface area contributed by atoms with Gasteiger partial charge in [0.25, 0.3) is 0 Å². The molecule has 0 aliphatic rings. The molecule has 1 aromatic rings. The van der Waals surface area contributed by atoms with Gasteiger partial charge in [0.1, 0.15) is 5.15 Å². The van der Waals surface area contributed by atoms with Gasteiger partial charge in [0.15, 0.2) is 0 Å². The van der Waals surface area contributed by atoms with Crippen LogP contribution in [0.1, 0.15) is 12.5 Å². The van der Waals surface area contributed by atoms with Gasteiger partial charge in [0, 0.05) is 17.8 Å². The van der Waals surface area contributed by atoms with E-state index in [1.807, 2.05) is 0 Å². The second kappa shape index (κ2) is 5.73. The smallest absolute Gasteiger partial charge is 0.330 e. The number of rotatable bonds is 3. The summed E-state index contributed by atoms with van der Waals surface area (Å²) in [5, 5.41) is 0.693. The van der Waals surface area contributed by atoms with Crippen LogP contribution in [0.25, 0.3) is 6.08 Å². The maximum absolute atomic E-state index is 11.0. The molecule has 0 spiro atoms. The van der Waals surface area contributed by atoms with Crippen molar-refractivity contribution in [3.05, 3.63) is 34.1 Å². The number of hydrogen-bond donors (Lipinski definition) is 0. The van der Waals surface area contributed by atoms with Crippen molar-refractivity contribution in [2.24, 2.45) is 0 Å². The minimum absolute atomic E-state index is 0.253. The van der Waals surface area contributed by atoms with Gasteiger partial charge in [0.2, 0.25) is 0 Å². The first-order chi connectivity index (χ1) is 7.15. The van der Waals surface area contributed by atoms with Gasteiger partial charge >= 0.3 is 5.97 Å². The summed E-state index contributed by atoms with van der Waals surface area (Å²) in [7, 11) is 0. The summed E-state index contributed by atoms with van der Waals surface area (Å²) in [6.07, 6.45) is 4.24. The lowest BCUT2D eigenvalue weighted by atomic mass is 10.2. The third-order valence-electron chi connectivity index (χ3n) is 1.56. The number of carbonyl (C=O) groups is 1. The largest absolute Gasteiger partial charge is 0.463 e. The van der Waals surface area contributed by atoms with Gasteiger partial charge in [-0.3, -0.25) is 0 Å². The van der Waals surface area contributed by atoms with Gasteiger partial charge < -0.3 is 4.74 Å². The lowest BCUT2D eigenvalue weighted by Crippen LogP contribution is -1.98. The van der Waals surface area contributed by atoms with Crippen molar-refractivity contribution in [1.82, 2.24) is 4.98 Å². The maximum atomic E-state index is 11.0. The van der Waals surface area contributed by atoms with Crippen molar-refractivity contribution >= 4 is 35.2 Å². The minimum Gasteiger partial charge on any atom is -0.463 e. The number of carbonyl (C=O) groups excluding carboxylic acids is 1. The highest BCUT2D eigenvalue weighted by Gasteiger charge is 2.03. The fourth-order valence-corrected chi connectivity index (χ4v) is 1.39. The van der Waals surface area contributed by atoms with E-state index in [9.17, 15) is 4.79 Å². The molecular formula is C10H9Cl2NO2. The van der Waals surface area contributed by atoms with E-state index in [-0.39, 0.29) is 5.15 Å². The molecule has 0 fully saturated rings. The van der Waals surface area contributed by atoms with Crippen LogP contribution in [0.5, 0.6) is 0 Å². The van der Waals surface area contributed by atoms with E-state index in [4.69, 9.17) is 27.9 Å². The summed E-state index contributed by atoms with van der Waals surface area (Å²) in [6.45, 7) is 2.06. The Hall–Kier alpha value is -1.06. The number of aromatic nitrogens is 1. The van der Waals surface area contributed by atoms with Crippen LogP contribution in [-0.4, -0.2) is 17.6 Å².